The summed E-state index contributed by atoms with van der Waals surface area (Å²) < 4.78 is 50.0. The largest absolute Gasteiger partial charge is 0.573 e. The zero-order chi connectivity index (χ0) is 19.0. The lowest BCUT2D eigenvalue weighted by Crippen LogP contribution is -2.41. The predicted octanol–water partition coefficient (Wildman–Crippen LogP) is 2.71. The van der Waals surface area contributed by atoms with Crippen molar-refractivity contribution < 1.29 is 41.9 Å². The molecule has 1 heterocycles. The van der Waals surface area contributed by atoms with Crippen molar-refractivity contribution in [2.45, 2.75) is 26.0 Å². The molecule has 0 aliphatic carbocycles. The van der Waals surface area contributed by atoms with Crippen LogP contribution < -0.4 is 4.74 Å². The van der Waals surface area contributed by atoms with Gasteiger partial charge in [0.25, 0.3) is 5.79 Å². The lowest BCUT2D eigenvalue weighted by molar-refractivity contribution is -0.388. The molecule has 1 fully saturated rings. The van der Waals surface area contributed by atoms with Gasteiger partial charge in [0.1, 0.15) is 5.57 Å². The molecule has 1 aromatic rings. The molecule has 1 aliphatic heterocycles. The lowest BCUT2D eigenvalue weighted by Gasteiger charge is -2.29. The van der Waals surface area contributed by atoms with E-state index in [1.807, 2.05) is 0 Å². The van der Waals surface area contributed by atoms with E-state index in [4.69, 9.17) is 9.47 Å². The number of nitro benzene ring substituents is 1. The smallest absolute Gasteiger partial charge is 0.419 e. The van der Waals surface area contributed by atoms with E-state index < -0.39 is 46.0 Å². The third-order valence-electron chi connectivity index (χ3n) is 2.83. The molecule has 0 atom stereocenters. The fraction of sp³-hybridized carbons (Fsp3) is 0.286. The number of esters is 2. The maximum absolute atomic E-state index is 12.3. The summed E-state index contributed by atoms with van der Waals surface area (Å²) >= 11 is 0. The van der Waals surface area contributed by atoms with Crippen LogP contribution in [0.15, 0.2) is 23.8 Å². The minimum Gasteiger partial charge on any atom is -0.419 e. The Balaban J connectivity index is 2.41. The van der Waals surface area contributed by atoms with E-state index in [0.717, 1.165) is 12.1 Å². The second-order valence-electron chi connectivity index (χ2n) is 5.27. The van der Waals surface area contributed by atoms with Crippen LogP contribution in [0.3, 0.4) is 0 Å². The Morgan fingerprint density at radius 2 is 1.76 bits per heavy atom. The SMILES string of the molecule is CC1(C)OC(=O)C(=Cc2ccc(OC(F)(F)F)c([N+](=O)[O-])c2)C(=O)O1. The number of rotatable bonds is 3. The van der Waals surface area contributed by atoms with Crippen LogP contribution in [0, 0.1) is 10.1 Å². The zero-order valence-electron chi connectivity index (χ0n) is 12.7. The molecular formula is C14H10F3NO7. The summed E-state index contributed by atoms with van der Waals surface area (Å²) in [5.74, 6) is -4.56. The van der Waals surface area contributed by atoms with Gasteiger partial charge in [-0.15, -0.1) is 13.2 Å². The summed E-state index contributed by atoms with van der Waals surface area (Å²) in [6, 6.07) is 2.41. The Morgan fingerprint density at radius 1 is 1.20 bits per heavy atom. The number of nitrogens with zero attached hydrogens (tertiary/aromatic N) is 1. The molecule has 11 heteroatoms. The molecule has 134 valence electrons. The van der Waals surface area contributed by atoms with Gasteiger partial charge in [-0.2, -0.15) is 0 Å². The first kappa shape index (κ1) is 18.2. The molecule has 2 rings (SSSR count). The van der Waals surface area contributed by atoms with E-state index >= 15 is 0 Å². The summed E-state index contributed by atoms with van der Waals surface area (Å²) in [5, 5.41) is 10.9. The number of carbonyl (C=O) groups is 2. The number of halogens is 3. The van der Waals surface area contributed by atoms with Crippen molar-refractivity contribution in [3.63, 3.8) is 0 Å². The number of carbonyl (C=O) groups excluding carboxylic acids is 2. The number of hydrogen-bond donors (Lipinski definition) is 0. The third-order valence-corrected chi connectivity index (χ3v) is 2.83. The van der Waals surface area contributed by atoms with Crippen molar-refractivity contribution in [3.8, 4) is 5.75 Å². The van der Waals surface area contributed by atoms with Crippen LogP contribution in [0.4, 0.5) is 18.9 Å². The van der Waals surface area contributed by atoms with Gasteiger partial charge in [-0.05, 0) is 17.7 Å². The normalized spacial score (nSPS) is 16.8. The van der Waals surface area contributed by atoms with Gasteiger partial charge in [-0.25, -0.2) is 9.59 Å². The van der Waals surface area contributed by atoms with Crippen LogP contribution >= 0.6 is 0 Å². The quantitative estimate of drug-likeness (QED) is 0.268. The van der Waals surface area contributed by atoms with Crippen molar-refractivity contribution in [2.75, 3.05) is 0 Å². The number of ether oxygens (including phenoxy) is 3. The maximum atomic E-state index is 12.3. The molecule has 25 heavy (non-hydrogen) atoms. The van der Waals surface area contributed by atoms with Crippen molar-refractivity contribution in [2.24, 2.45) is 0 Å². The number of nitro groups is 1. The molecule has 0 aromatic heterocycles. The highest BCUT2D eigenvalue weighted by Crippen LogP contribution is 2.33. The molecule has 0 radical (unpaired) electrons. The fourth-order valence-corrected chi connectivity index (χ4v) is 1.92. The van der Waals surface area contributed by atoms with E-state index in [-0.39, 0.29) is 5.56 Å². The highest BCUT2D eigenvalue weighted by atomic mass is 19.4. The zero-order valence-corrected chi connectivity index (χ0v) is 12.7. The molecule has 0 amide bonds. The maximum Gasteiger partial charge on any atom is 0.573 e. The summed E-state index contributed by atoms with van der Waals surface area (Å²) in [7, 11) is 0. The number of hydrogen-bond acceptors (Lipinski definition) is 7. The van der Waals surface area contributed by atoms with E-state index in [1.165, 1.54) is 13.8 Å². The number of alkyl halides is 3. The molecule has 0 saturated carbocycles. The average molecular weight is 361 g/mol. The number of benzene rings is 1. The molecular weight excluding hydrogens is 351 g/mol. The van der Waals surface area contributed by atoms with Crippen molar-refractivity contribution in [1.82, 2.24) is 0 Å². The first-order valence-corrected chi connectivity index (χ1v) is 6.60. The Bertz CT molecular complexity index is 761. The highest BCUT2D eigenvalue weighted by molar-refractivity contribution is 6.18. The van der Waals surface area contributed by atoms with E-state index in [1.54, 1.807) is 0 Å². The summed E-state index contributed by atoms with van der Waals surface area (Å²) in [5.41, 5.74) is -1.65. The molecule has 1 saturated heterocycles. The van der Waals surface area contributed by atoms with Crippen LogP contribution in [0.25, 0.3) is 6.08 Å². The lowest BCUT2D eigenvalue weighted by atomic mass is 10.1. The molecule has 0 bridgehead atoms. The fourth-order valence-electron chi connectivity index (χ4n) is 1.92. The summed E-state index contributed by atoms with van der Waals surface area (Å²) in [6.45, 7) is 2.65. The van der Waals surface area contributed by atoms with Gasteiger partial charge in [-0.1, -0.05) is 6.07 Å². The van der Waals surface area contributed by atoms with Crippen LogP contribution in [0.1, 0.15) is 19.4 Å². The van der Waals surface area contributed by atoms with Crippen LogP contribution in [-0.2, 0) is 19.1 Å². The predicted molar refractivity (Wildman–Crippen MR) is 74.0 cm³/mol. The Morgan fingerprint density at radius 3 is 2.24 bits per heavy atom. The molecule has 1 aliphatic rings. The summed E-state index contributed by atoms with van der Waals surface area (Å²) in [4.78, 5) is 33.4. The van der Waals surface area contributed by atoms with Gasteiger partial charge in [0.15, 0.2) is 0 Å². The monoisotopic (exact) mass is 361 g/mol. The van der Waals surface area contributed by atoms with Crippen molar-refractivity contribution in [1.29, 1.82) is 0 Å². The second-order valence-corrected chi connectivity index (χ2v) is 5.27. The van der Waals surface area contributed by atoms with Crippen LogP contribution in [0.2, 0.25) is 0 Å². The van der Waals surface area contributed by atoms with Crippen molar-refractivity contribution >= 4 is 23.7 Å². The van der Waals surface area contributed by atoms with E-state index in [9.17, 15) is 32.9 Å². The van der Waals surface area contributed by atoms with Gasteiger partial charge in [-0.3, -0.25) is 10.1 Å². The Labute approximate surface area is 137 Å². The molecule has 0 unspecified atom stereocenters. The average Bonchev–Trinajstić information content (AvgIpc) is 2.41. The van der Waals surface area contributed by atoms with Gasteiger partial charge in [0.2, 0.25) is 5.75 Å². The molecule has 8 nitrogen and oxygen atoms in total. The molecule has 0 N–H and O–H groups in total. The minimum absolute atomic E-state index is 0.0927. The first-order valence-electron chi connectivity index (χ1n) is 6.60. The van der Waals surface area contributed by atoms with Gasteiger partial charge in [0.05, 0.1) is 4.92 Å². The van der Waals surface area contributed by atoms with Crippen molar-refractivity contribution in [3.05, 3.63) is 39.4 Å². The molecule has 0 spiro atoms. The standard InChI is InChI=1S/C14H10F3NO7/c1-13(2)24-11(19)8(12(20)25-13)5-7-3-4-10(23-14(15,16)17)9(6-7)18(21)22/h3-6H,1-2H3. The van der Waals surface area contributed by atoms with Gasteiger partial charge < -0.3 is 14.2 Å². The highest BCUT2D eigenvalue weighted by Gasteiger charge is 2.39. The van der Waals surface area contributed by atoms with Gasteiger partial charge >= 0.3 is 24.0 Å². The second kappa shape index (κ2) is 6.07. The first-order chi connectivity index (χ1) is 11.4. The minimum atomic E-state index is -5.12. The topological polar surface area (TPSA) is 105 Å². The molecule has 1 aromatic carbocycles. The van der Waals surface area contributed by atoms with Crippen LogP contribution in [0.5, 0.6) is 5.75 Å². The van der Waals surface area contributed by atoms with Crippen LogP contribution in [-0.4, -0.2) is 29.0 Å². The Kier molecular flexibility index (Phi) is 4.43. The number of cyclic esters (lactones) is 2. The van der Waals surface area contributed by atoms with E-state index in [0.29, 0.717) is 12.1 Å². The summed E-state index contributed by atoms with van der Waals surface area (Å²) in [6.07, 6.45) is -4.21. The van der Waals surface area contributed by atoms with E-state index in [2.05, 4.69) is 4.74 Å². The third kappa shape index (κ3) is 4.46. The Hall–Kier alpha value is -3.11. The van der Waals surface area contributed by atoms with Gasteiger partial charge in [0, 0.05) is 19.9 Å².